The number of hydrogen-bond acceptors (Lipinski definition) is 2. The van der Waals surface area contributed by atoms with Crippen LogP contribution < -0.4 is 5.73 Å². The van der Waals surface area contributed by atoms with Crippen LogP contribution in [0.1, 0.15) is 36.2 Å². The Kier molecular flexibility index (Phi) is 3.56. The average molecular weight is 204 g/mol. The second-order valence-electron chi connectivity index (χ2n) is 3.00. The van der Waals surface area contributed by atoms with Crippen LogP contribution in [-0.4, -0.2) is 0 Å². The third-order valence-corrected chi connectivity index (χ3v) is 3.53. The van der Waals surface area contributed by atoms with Crippen molar-refractivity contribution in [1.29, 1.82) is 0 Å². The SMILES string of the molecule is CCCC(N)c1cc(C)c(Cl)s1. The van der Waals surface area contributed by atoms with E-state index < -0.39 is 0 Å². The van der Waals surface area contributed by atoms with Gasteiger partial charge < -0.3 is 5.73 Å². The summed E-state index contributed by atoms with van der Waals surface area (Å²) >= 11 is 7.54. The van der Waals surface area contributed by atoms with Gasteiger partial charge in [-0.15, -0.1) is 11.3 Å². The number of halogens is 1. The Labute approximate surface area is 82.5 Å². The van der Waals surface area contributed by atoms with Gasteiger partial charge in [-0.3, -0.25) is 0 Å². The highest BCUT2D eigenvalue weighted by Gasteiger charge is 2.09. The molecule has 0 fully saturated rings. The van der Waals surface area contributed by atoms with E-state index in [0.717, 1.165) is 22.7 Å². The average Bonchev–Trinajstić information content (AvgIpc) is 2.33. The summed E-state index contributed by atoms with van der Waals surface area (Å²) in [5.41, 5.74) is 7.08. The van der Waals surface area contributed by atoms with E-state index in [2.05, 4.69) is 13.0 Å². The summed E-state index contributed by atoms with van der Waals surface area (Å²) in [5, 5.41) is 0. The van der Waals surface area contributed by atoms with Gasteiger partial charge in [0.15, 0.2) is 0 Å². The van der Waals surface area contributed by atoms with Gasteiger partial charge in [0, 0.05) is 10.9 Å². The van der Waals surface area contributed by atoms with E-state index in [1.54, 1.807) is 11.3 Å². The zero-order valence-corrected chi connectivity index (χ0v) is 9.00. The zero-order valence-electron chi connectivity index (χ0n) is 7.43. The summed E-state index contributed by atoms with van der Waals surface area (Å²) < 4.78 is 0.872. The number of rotatable bonds is 3. The van der Waals surface area contributed by atoms with Crippen LogP contribution in [0, 0.1) is 6.92 Å². The fraction of sp³-hybridized carbons (Fsp3) is 0.556. The maximum Gasteiger partial charge on any atom is 0.0960 e. The second-order valence-corrected chi connectivity index (χ2v) is 4.69. The van der Waals surface area contributed by atoms with E-state index >= 15 is 0 Å². The lowest BCUT2D eigenvalue weighted by Crippen LogP contribution is -2.07. The molecule has 1 atom stereocenters. The zero-order chi connectivity index (χ0) is 9.14. The Morgan fingerprint density at radius 2 is 2.33 bits per heavy atom. The van der Waals surface area contributed by atoms with Gasteiger partial charge in [0.05, 0.1) is 4.34 Å². The molecule has 1 aromatic heterocycles. The molecule has 0 saturated heterocycles. The largest absolute Gasteiger partial charge is 0.323 e. The van der Waals surface area contributed by atoms with Gasteiger partial charge in [-0.05, 0) is 25.0 Å². The predicted molar refractivity (Wildman–Crippen MR) is 55.9 cm³/mol. The summed E-state index contributed by atoms with van der Waals surface area (Å²) in [6, 6.07) is 2.26. The van der Waals surface area contributed by atoms with Crippen LogP contribution in [0.15, 0.2) is 6.07 Å². The highest BCUT2D eigenvalue weighted by Crippen LogP contribution is 2.31. The van der Waals surface area contributed by atoms with E-state index in [-0.39, 0.29) is 6.04 Å². The van der Waals surface area contributed by atoms with Gasteiger partial charge >= 0.3 is 0 Å². The minimum atomic E-state index is 0.172. The molecule has 0 saturated carbocycles. The van der Waals surface area contributed by atoms with Crippen LogP contribution in [0.2, 0.25) is 4.34 Å². The number of thiophene rings is 1. The first kappa shape index (κ1) is 10.0. The molecule has 0 amide bonds. The summed E-state index contributed by atoms with van der Waals surface area (Å²) in [6.45, 7) is 4.16. The molecule has 0 aliphatic heterocycles. The topological polar surface area (TPSA) is 26.0 Å². The third-order valence-electron chi connectivity index (χ3n) is 1.84. The first-order valence-electron chi connectivity index (χ1n) is 4.16. The van der Waals surface area contributed by atoms with E-state index in [1.165, 1.54) is 4.88 Å². The van der Waals surface area contributed by atoms with E-state index in [4.69, 9.17) is 17.3 Å². The highest BCUT2D eigenvalue weighted by atomic mass is 35.5. The van der Waals surface area contributed by atoms with Crippen molar-refractivity contribution in [2.45, 2.75) is 32.7 Å². The lowest BCUT2D eigenvalue weighted by Gasteiger charge is -2.05. The van der Waals surface area contributed by atoms with Gasteiger partial charge in [0.2, 0.25) is 0 Å². The van der Waals surface area contributed by atoms with Crippen molar-refractivity contribution in [3.63, 3.8) is 0 Å². The first-order valence-corrected chi connectivity index (χ1v) is 5.36. The van der Waals surface area contributed by atoms with Crippen molar-refractivity contribution in [3.8, 4) is 0 Å². The van der Waals surface area contributed by atoms with Crippen molar-refractivity contribution in [2.24, 2.45) is 5.73 Å². The second kappa shape index (κ2) is 4.26. The molecule has 0 bridgehead atoms. The van der Waals surface area contributed by atoms with Crippen molar-refractivity contribution in [3.05, 3.63) is 20.8 Å². The molecule has 1 heterocycles. The van der Waals surface area contributed by atoms with E-state index in [9.17, 15) is 0 Å². The predicted octanol–water partition coefficient (Wildman–Crippen LogP) is 3.51. The lowest BCUT2D eigenvalue weighted by atomic mass is 10.1. The summed E-state index contributed by atoms with van der Waals surface area (Å²) in [4.78, 5) is 1.21. The number of aryl methyl sites for hydroxylation is 1. The minimum absolute atomic E-state index is 0.172. The van der Waals surface area contributed by atoms with Crippen molar-refractivity contribution in [2.75, 3.05) is 0 Å². The molecule has 1 rings (SSSR count). The maximum atomic E-state index is 5.94. The molecule has 3 heteroatoms. The Bertz CT molecular complexity index is 238. The molecule has 0 spiro atoms. The molecule has 0 aliphatic rings. The van der Waals surface area contributed by atoms with Gasteiger partial charge in [0.25, 0.3) is 0 Å². The summed E-state index contributed by atoms with van der Waals surface area (Å²) in [5.74, 6) is 0. The monoisotopic (exact) mass is 203 g/mol. The number of hydrogen-bond donors (Lipinski definition) is 1. The first-order chi connectivity index (χ1) is 5.65. The van der Waals surface area contributed by atoms with Gasteiger partial charge in [-0.25, -0.2) is 0 Å². The van der Waals surface area contributed by atoms with Crippen molar-refractivity contribution in [1.82, 2.24) is 0 Å². The molecule has 12 heavy (non-hydrogen) atoms. The van der Waals surface area contributed by atoms with Crippen molar-refractivity contribution < 1.29 is 0 Å². The fourth-order valence-corrected chi connectivity index (χ4v) is 2.37. The normalized spacial score (nSPS) is 13.3. The maximum absolute atomic E-state index is 5.94. The Balaban J connectivity index is 2.74. The molecule has 68 valence electrons. The molecule has 1 aromatic rings. The van der Waals surface area contributed by atoms with E-state index in [1.807, 2.05) is 6.92 Å². The van der Waals surface area contributed by atoms with Crippen molar-refractivity contribution >= 4 is 22.9 Å². The van der Waals surface area contributed by atoms with Crippen LogP contribution in [0.25, 0.3) is 0 Å². The quantitative estimate of drug-likeness (QED) is 0.800. The Morgan fingerprint density at radius 3 is 2.75 bits per heavy atom. The third kappa shape index (κ3) is 2.22. The fourth-order valence-electron chi connectivity index (χ4n) is 1.12. The van der Waals surface area contributed by atoms with Crippen LogP contribution in [0.4, 0.5) is 0 Å². The molecular weight excluding hydrogens is 190 g/mol. The van der Waals surface area contributed by atoms with E-state index in [0.29, 0.717) is 0 Å². The molecule has 1 nitrogen and oxygen atoms in total. The lowest BCUT2D eigenvalue weighted by molar-refractivity contribution is 0.648. The molecule has 2 N–H and O–H groups in total. The Hall–Kier alpha value is -0.0500. The van der Waals surface area contributed by atoms with Crippen LogP contribution in [0.5, 0.6) is 0 Å². The standard InChI is InChI=1S/C9H14ClNS/c1-3-4-7(11)8-5-6(2)9(10)12-8/h5,7H,3-4,11H2,1-2H3. The molecular formula is C9H14ClNS. The van der Waals surface area contributed by atoms with Crippen LogP contribution >= 0.6 is 22.9 Å². The van der Waals surface area contributed by atoms with Crippen LogP contribution in [-0.2, 0) is 0 Å². The summed E-state index contributed by atoms with van der Waals surface area (Å²) in [7, 11) is 0. The molecule has 0 aliphatic carbocycles. The molecule has 1 unspecified atom stereocenters. The Morgan fingerprint density at radius 1 is 1.67 bits per heavy atom. The van der Waals surface area contributed by atoms with Gasteiger partial charge in [0.1, 0.15) is 0 Å². The van der Waals surface area contributed by atoms with Gasteiger partial charge in [-0.2, -0.15) is 0 Å². The molecule has 0 radical (unpaired) electrons. The summed E-state index contributed by atoms with van der Waals surface area (Å²) in [6.07, 6.45) is 2.16. The highest BCUT2D eigenvalue weighted by molar-refractivity contribution is 7.16. The minimum Gasteiger partial charge on any atom is -0.323 e. The van der Waals surface area contributed by atoms with Gasteiger partial charge in [-0.1, -0.05) is 24.9 Å². The smallest absolute Gasteiger partial charge is 0.0960 e. The number of nitrogens with two attached hydrogens (primary N) is 1. The molecule has 0 aromatic carbocycles. The van der Waals surface area contributed by atoms with Crippen LogP contribution in [0.3, 0.4) is 0 Å².